The molecule has 22 heavy (non-hydrogen) atoms. The molecule has 0 aliphatic carbocycles. The molecule has 1 atom stereocenters. The number of hydrogen-bond acceptors (Lipinski definition) is 5. The predicted octanol–water partition coefficient (Wildman–Crippen LogP) is -0.726. The minimum absolute atomic E-state index is 0. The number of amides is 2. The van der Waals surface area contributed by atoms with Crippen LogP contribution in [-0.4, -0.2) is 106 Å². The Morgan fingerprint density at radius 2 is 2.00 bits per heavy atom. The van der Waals surface area contributed by atoms with E-state index in [2.05, 4.69) is 10.6 Å². The fourth-order valence-corrected chi connectivity index (χ4v) is 2.57. The second-order valence-electron chi connectivity index (χ2n) is 4.66. The molecule has 1 radical (unpaired) electrons. The SMILES string of the molecule is CSCC[C@H](NC(C)=O)C(=O)N1CCN(/[N+]([O-])=N/O)CC1.[Na]. The van der Waals surface area contributed by atoms with Crippen LogP contribution in [0, 0.1) is 5.21 Å². The van der Waals surface area contributed by atoms with Crippen molar-refractivity contribution < 1.29 is 19.8 Å². The van der Waals surface area contributed by atoms with Crippen molar-refractivity contribution in [3.8, 4) is 0 Å². The summed E-state index contributed by atoms with van der Waals surface area (Å²) in [7, 11) is 0. The van der Waals surface area contributed by atoms with Gasteiger partial charge in [0.25, 0.3) is 0 Å². The van der Waals surface area contributed by atoms with Crippen LogP contribution >= 0.6 is 11.8 Å². The summed E-state index contributed by atoms with van der Waals surface area (Å²) in [6.07, 6.45) is 2.51. The second-order valence-corrected chi connectivity index (χ2v) is 5.64. The van der Waals surface area contributed by atoms with Crippen molar-refractivity contribution in [3.05, 3.63) is 5.21 Å². The first-order valence-electron chi connectivity index (χ1n) is 6.61. The Morgan fingerprint density at radius 1 is 1.41 bits per heavy atom. The quantitative estimate of drug-likeness (QED) is 0.285. The van der Waals surface area contributed by atoms with E-state index in [-0.39, 0.29) is 59.4 Å². The van der Waals surface area contributed by atoms with Gasteiger partial charge in [0.15, 0.2) is 0 Å². The molecule has 1 saturated heterocycles. The number of nitrogens with one attached hydrogen (secondary N) is 1. The average molecular weight is 342 g/mol. The van der Waals surface area contributed by atoms with Gasteiger partial charge < -0.3 is 20.6 Å². The summed E-state index contributed by atoms with van der Waals surface area (Å²) in [6, 6.07) is -0.535. The van der Waals surface area contributed by atoms with Gasteiger partial charge >= 0.3 is 0 Å². The molecule has 11 heteroatoms. The van der Waals surface area contributed by atoms with E-state index in [0.717, 1.165) is 5.75 Å². The summed E-state index contributed by atoms with van der Waals surface area (Å²) in [5, 5.41) is 26.0. The molecule has 2 amide bonds. The van der Waals surface area contributed by atoms with Gasteiger partial charge in [0.05, 0.1) is 18.1 Å². The van der Waals surface area contributed by atoms with Crippen molar-refractivity contribution in [3.63, 3.8) is 0 Å². The first-order valence-corrected chi connectivity index (χ1v) is 8.01. The van der Waals surface area contributed by atoms with Crippen LogP contribution in [0.15, 0.2) is 5.28 Å². The number of carbonyl (C=O) groups is 2. The topological polar surface area (TPSA) is 111 Å². The van der Waals surface area contributed by atoms with Gasteiger partial charge in [-0.2, -0.15) is 11.8 Å². The maximum absolute atomic E-state index is 12.4. The van der Waals surface area contributed by atoms with Crippen LogP contribution in [-0.2, 0) is 9.59 Å². The third kappa shape index (κ3) is 6.59. The molecule has 0 aromatic carbocycles. The molecule has 1 aliphatic rings. The number of piperazine rings is 1. The molecule has 1 aliphatic heterocycles. The largest absolute Gasteiger partial charge is 0.569 e. The van der Waals surface area contributed by atoms with Gasteiger partial charge in [0, 0.05) is 49.6 Å². The van der Waals surface area contributed by atoms with E-state index in [4.69, 9.17) is 5.21 Å². The summed E-state index contributed by atoms with van der Waals surface area (Å²) < 4.78 is 0. The number of thioether (sulfide) groups is 1. The van der Waals surface area contributed by atoms with Gasteiger partial charge in [0.1, 0.15) is 6.04 Å². The molecular weight excluding hydrogens is 321 g/mol. The normalized spacial score (nSPS) is 16.7. The zero-order valence-electron chi connectivity index (χ0n) is 13.2. The molecule has 0 unspecified atom stereocenters. The van der Waals surface area contributed by atoms with Gasteiger partial charge in [-0.1, -0.05) is 0 Å². The average Bonchev–Trinajstić information content (AvgIpc) is 2.49. The van der Waals surface area contributed by atoms with Crippen molar-refractivity contribution in [2.45, 2.75) is 19.4 Å². The molecule has 2 N–H and O–H groups in total. The fraction of sp³-hybridized carbons (Fsp3) is 0.818. The molecule has 9 nitrogen and oxygen atoms in total. The number of nitrogens with zero attached hydrogens (tertiary/aromatic N) is 4. The van der Waals surface area contributed by atoms with Crippen LogP contribution < -0.4 is 5.32 Å². The molecule has 0 bridgehead atoms. The number of rotatable bonds is 6. The summed E-state index contributed by atoms with van der Waals surface area (Å²) in [6.45, 7) is 2.66. The van der Waals surface area contributed by atoms with Crippen LogP contribution in [0.2, 0.25) is 0 Å². The van der Waals surface area contributed by atoms with Crippen LogP contribution in [0.1, 0.15) is 13.3 Å². The second kappa shape index (κ2) is 10.9. The Morgan fingerprint density at radius 3 is 2.45 bits per heavy atom. The van der Waals surface area contributed by atoms with E-state index in [9.17, 15) is 14.8 Å². The summed E-state index contributed by atoms with van der Waals surface area (Å²) in [4.78, 5) is 25.3. The Labute approximate surface area is 155 Å². The molecule has 1 heterocycles. The Balaban J connectivity index is 0.00000441. The van der Waals surface area contributed by atoms with Crippen molar-refractivity contribution in [2.75, 3.05) is 38.2 Å². The third-order valence-corrected chi connectivity index (χ3v) is 3.82. The smallest absolute Gasteiger partial charge is 0.245 e. The van der Waals surface area contributed by atoms with E-state index in [1.165, 1.54) is 11.9 Å². The molecular formula is C11H21N5NaO4S. The molecule has 121 valence electrons. The molecule has 0 aromatic rings. The van der Waals surface area contributed by atoms with E-state index in [1.54, 1.807) is 16.7 Å². The van der Waals surface area contributed by atoms with E-state index < -0.39 is 6.04 Å². The third-order valence-electron chi connectivity index (χ3n) is 3.17. The van der Waals surface area contributed by atoms with Gasteiger partial charge in [-0.15, -0.1) is 5.01 Å². The molecule has 1 fully saturated rings. The van der Waals surface area contributed by atoms with Crippen molar-refractivity contribution in [1.29, 1.82) is 0 Å². The Kier molecular flexibility index (Phi) is 10.6. The van der Waals surface area contributed by atoms with Crippen LogP contribution in [0.4, 0.5) is 0 Å². The first-order chi connectivity index (χ1) is 9.99. The zero-order chi connectivity index (χ0) is 15.8. The monoisotopic (exact) mass is 342 g/mol. The maximum atomic E-state index is 12.4. The predicted molar refractivity (Wildman–Crippen MR) is 82.4 cm³/mol. The fourth-order valence-electron chi connectivity index (χ4n) is 2.10. The van der Waals surface area contributed by atoms with Crippen molar-refractivity contribution in [2.24, 2.45) is 5.28 Å². The first kappa shape index (κ1) is 21.3. The number of hydrogen-bond donors (Lipinski definition) is 2. The van der Waals surface area contributed by atoms with Crippen LogP contribution in [0.3, 0.4) is 0 Å². The van der Waals surface area contributed by atoms with Gasteiger partial charge in [-0.25, -0.2) is 0 Å². The minimum atomic E-state index is -0.535. The summed E-state index contributed by atoms with van der Waals surface area (Å²) >= 11 is 1.61. The molecule has 0 spiro atoms. The Hall–Kier alpha value is -0.710. The van der Waals surface area contributed by atoms with Crippen molar-refractivity contribution in [1.82, 2.24) is 15.2 Å². The van der Waals surface area contributed by atoms with Crippen molar-refractivity contribution >= 4 is 53.1 Å². The van der Waals surface area contributed by atoms with Gasteiger partial charge in [-0.05, 0) is 18.4 Å². The van der Waals surface area contributed by atoms with Gasteiger partial charge in [0.2, 0.25) is 17.1 Å². The standard InChI is InChI=1S/C11H21N5O4S.Na/c1-9(17)12-10(3-8-21-2)11(18)14-4-6-15(7-5-14)16(20)13-19;/h10,19H,3-8H2,1-2H3,(H,12,17);/b16-13-;/t10-;/m0./s1. The van der Waals surface area contributed by atoms with Crippen LogP contribution in [0.25, 0.3) is 0 Å². The zero-order valence-corrected chi connectivity index (χ0v) is 16.0. The Bertz CT molecular complexity index is 404. The summed E-state index contributed by atoms with van der Waals surface area (Å²) in [5.41, 5.74) is 0. The van der Waals surface area contributed by atoms with Gasteiger partial charge in [-0.3, -0.25) is 9.59 Å². The van der Waals surface area contributed by atoms with E-state index >= 15 is 0 Å². The van der Waals surface area contributed by atoms with E-state index in [0.29, 0.717) is 19.5 Å². The van der Waals surface area contributed by atoms with Crippen LogP contribution in [0.5, 0.6) is 0 Å². The molecule has 1 rings (SSSR count). The van der Waals surface area contributed by atoms with E-state index in [1.807, 2.05) is 6.26 Å². The molecule has 0 saturated carbocycles. The molecule has 0 aromatic heterocycles. The number of carbonyl (C=O) groups excluding carboxylic acids is 2. The minimum Gasteiger partial charge on any atom is -0.569 e. The number of hydrazine groups is 1. The maximum Gasteiger partial charge on any atom is 0.245 e. The summed E-state index contributed by atoms with van der Waals surface area (Å²) in [5.74, 6) is 0.393.